The molecule has 0 spiro atoms. The van der Waals surface area contributed by atoms with Gasteiger partial charge < -0.3 is 5.32 Å². The fourth-order valence-corrected chi connectivity index (χ4v) is 2.38. The molecule has 0 bridgehead atoms. The van der Waals surface area contributed by atoms with E-state index in [1.807, 2.05) is 19.2 Å². The highest BCUT2D eigenvalue weighted by Crippen LogP contribution is 2.26. The summed E-state index contributed by atoms with van der Waals surface area (Å²) in [4.78, 5) is 2.38. The quantitative estimate of drug-likeness (QED) is 0.723. The van der Waals surface area contributed by atoms with Crippen LogP contribution in [0, 0.1) is 0 Å². The number of nitrogens with one attached hydrogen (secondary N) is 1. The monoisotopic (exact) mass is 268 g/mol. The summed E-state index contributed by atoms with van der Waals surface area (Å²) in [6.07, 6.45) is 3.78. The van der Waals surface area contributed by atoms with E-state index in [2.05, 4.69) is 36.3 Å². The molecule has 2 nitrogen and oxygen atoms in total. The molecular weight excluding hydrogens is 244 g/mol. The number of hydrogen-bond acceptors (Lipinski definition) is 2. The van der Waals surface area contributed by atoms with Crippen molar-refractivity contribution in [3.63, 3.8) is 0 Å². The number of rotatable bonds is 8. The van der Waals surface area contributed by atoms with Crippen LogP contribution >= 0.6 is 11.6 Å². The molecule has 1 aromatic rings. The molecule has 1 N–H and O–H groups in total. The molecule has 0 aliphatic carbocycles. The number of nitrogens with zero attached hydrogens (tertiary/aromatic N) is 1. The third kappa shape index (κ3) is 4.97. The van der Waals surface area contributed by atoms with E-state index >= 15 is 0 Å². The standard InChI is InChI=1S/C15H25ClN2/c1-13(14-9-5-6-10-15(14)16)18(3)12-8-4-7-11-17-2/h5-6,9-10,13,17H,4,7-8,11-12H2,1-3H3. The second-order valence-corrected chi connectivity index (χ2v) is 5.25. The van der Waals surface area contributed by atoms with Gasteiger partial charge in [0.1, 0.15) is 0 Å². The first-order chi connectivity index (χ1) is 8.66. The van der Waals surface area contributed by atoms with Crippen molar-refractivity contribution in [1.82, 2.24) is 10.2 Å². The smallest absolute Gasteiger partial charge is 0.0453 e. The lowest BCUT2D eigenvalue weighted by Crippen LogP contribution is -2.24. The number of benzene rings is 1. The first-order valence-corrected chi connectivity index (χ1v) is 7.14. The maximum Gasteiger partial charge on any atom is 0.0453 e. The lowest BCUT2D eigenvalue weighted by Gasteiger charge is -2.25. The highest BCUT2D eigenvalue weighted by molar-refractivity contribution is 6.31. The molecule has 1 aromatic carbocycles. The van der Waals surface area contributed by atoms with Gasteiger partial charge in [-0.25, -0.2) is 0 Å². The lowest BCUT2D eigenvalue weighted by atomic mass is 10.1. The summed E-state index contributed by atoms with van der Waals surface area (Å²) in [5, 5.41) is 4.05. The average Bonchev–Trinajstić information content (AvgIpc) is 2.38. The molecule has 0 saturated heterocycles. The van der Waals surface area contributed by atoms with Crippen LogP contribution in [0.2, 0.25) is 5.02 Å². The molecule has 0 amide bonds. The summed E-state index contributed by atoms with van der Waals surface area (Å²) in [6.45, 7) is 4.45. The van der Waals surface area contributed by atoms with Gasteiger partial charge >= 0.3 is 0 Å². The summed E-state index contributed by atoms with van der Waals surface area (Å²) in [5.41, 5.74) is 1.22. The molecule has 0 fully saturated rings. The maximum atomic E-state index is 6.23. The summed E-state index contributed by atoms with van der Waals surface area (Å²) < 4.78 is 0. The van der Waals surface area contributed by atoms with Crippen LogP contribution in [0.5, 0.6) is 0 Å². The zero-order chi connectivity index (χ0) is 13.4. The van der Waals surface area contributed by atoms with Crippen LogP contribution in [-0.2, 0) is 0 Å². The van der Waals surface area contributed by atoms with Crippen molar-refractivity contribution in [2.45, 2.75) is 32.2 Å². The van der Waals surface area contributed by atoms with Gasteiger partial charge in [-0.1, -0.05) is 36.2 Å². The summed E-state index contributed by atoms with van der Waals surface area (Å²) in [6, 6.07) is 8.50. The topological polar surface area (TPSA) is 15.3 Å². The lowest BCUT2D eigenvalue weighted by molar-refractivity contribution is 0.255. The number of hydrogen-bond donors (Lipinski definition) is 1. The molecule has 0 aliphatic heterocycles. The Morgan fingerprint density at radius 2 is 1.94 bits per heavy atom. The van der Waals surface area contributed by atoms with E-state index < -0.39 is 0 Å². The van der Waals surface area contributed by atoms with Crippen molar-refractivity contribution in [2.75, 3.05) is 27.2 Å². The van der Waals surface area contributed by atoms with Gasteiger partial charge in [0.2, 0.25) is 0 Å². The summed E-state index contributed by atoms with van der Waals surface area (Å²) in [7, 11) is 4.18. The van der Waals surface area contributed by atoms with E-state index in [4.69, 9.17) is 11.6 Å². The molecular formula is C15H25ClN2. The molecule has 18 heavy (non-hydrogen) atoms. The fourth-order valence-electron chi connectivity index (χ4n) is 2.08. The van der Waals surface area contributed by atoms with Gasteiger partial charge in [0.05, 0.1) is 0 Å². The summed E-state index contributed by atoms with van der Waals surface area (Å²) in [5.74, 6) is 0. The Morgan fingerprint density at radius 3 is 2.61 bits per heavy atom. The molecule has 1 unspecified atom stereocenters. The van der Waals surface area contributed by atoms with Crippen molar-refractivity contribution in [1.29, 1.82) is 0 Å². The van der Waals surface area contributed by atoms with E-state index in [0.717, 1.165) is 18.1 Å². The Kier molecular flexibility index (Phi) is 7.33. The second kappa shape index (κ2) is 8.52. The number of halogens is 1. The zero-order valence-electron chi connectivity index (χ0n) is 11.7. The van der Waals surface area contributed by atoms with Crippen LogP contribution in [0.3, 0.4) is 0 Å². The van der Waals surface area contributed by atoms with Crippen molar-refractivity contribution >= 4 is 11.6 Å². The minimum atomic E-state index is 0.378. The van der Waals surface area contributed by atoms with E-state index in [1.165, 1.54) is 24.8 Å². The largest absolute Gasteiger partial charge is 0.320 e. The highest BCUT2D eigenvalue weighted by Gasteiger charge is 2.13. The number of unbranched alkanes of at least 4 members (excludes halogenated alkanes) is 2. The van der Waals surface area contributed by atoms with Crippen molar-refractivity contribution < 1.29 is 0 Å². The van der Waals surface area contributed by atoms with Crippen molar-refractivity contribution in [2.24, 2.45) is 0 Å². The van der Waals surface area contributed by atoms with Gasteiger partial charge in [-0.2, -0.15) is 0 Å². The fraction of sp³-hybridized carbons (Fsp3) is 0.600. The van der Waals surface area contributed by atoms with Crippen molar-refractivity contribution in [3.8, 4) is 0 Å². The predicted molar refractivity (Wildman–Crippen MR) is 80.3 cm³/mol. The Hall–Kier alpha value is -0.570. The van der Waals surface area contributed by atoms with Gasteiger partial charge in [0.15, 0.2) is 0 Å². The third-order valence-corrected chi connectivity index (χ3v) is 3.80. The average molecular weight is 269 g/mol. The summed E-state index contributed by atoms with van der Waals surface area (Å²) >= 11 is 6.23. The third-order valence-electron chi connectivity index (χ3n) is 3.45. The van der Waals surface area contributed by atoms with Crippen LogP contribution in [0.25, 0.3) is 0 Å². The van der Waals surface area contributed by atoms with Crippen LogP contribution in [-0.4, -0.2) is 32.1 Å². The maximum absolute atomic E-state index is 6.23. The first-order valence-electron chi connectivity index (χ1n) is 6.76. The van der Waals surface area contributed by atoms with E-state index in [-0.39, 0.29) is 0 Å². The molecule has 0 heterocycles. The molecule has 0 radical (unpaired) electrons. The Bertz CT molecular complexity index is 341. The van der Waals surface area contributed by atoms with Crippen LogP contribution in [0.1, 0.15) is 37.8 Å². The van der Waals surface area contributed by atoms with Crippen LogP contribution < -0.4 is 5.32 Å². The molecule has 0 saturated carbocycles. The highest BCUT2D eigenvalue weighted by atomic mass is 35.5. The molecule has 1 rings (SSSR count). The van der Waals surface area contributed by atoms with Crippen LogP contribution in [0.4, 0.5) is 0 Å². The minimum absolute atomic E-state index is 0.378. The normalized spacial score (nSPS) is 12.9. The molecule has 102 valence electrons. The van der Waals surface area contributed by atoms with Gasteiger partial charge in [-0.15, -0.1) is 0 Å². The van der Waals surface area contributed by atoms with Crippen molar-refractivity contribution in [3.05, 3.63) is 34.9 Å². The van der Waals surface area contributed by atoms with Crippen LogP contribution in [0.15, 0.2) is 24.3 Å². The Labute approximate surface area is 116 Å². The van der Waals surface area contributed by atoms with Gasteiger partial charge in [0, 0.05) is 11.1 Å². The SMILES string of the molecule is CNCCCCCN(C)C(C)c1ccccc1Cl. The molecule has 1 atom stereocenters. The Morgan fingerprint density at radius 1 is 1.22 bits per heavy atom. The molecule has 3 heteroatoms. The minimum Gasteiger partial charge on any atom is -0.320 e. The molecule has 0 aromatic heterocycles. The van der Waals surface area contributed by atoms with E-state index in [0.29, 0.717) is 6.04 Å². The molecule has 0 aliphatic rings. The zero-order valence-corrected chi connectivity index (χ0v) is 12.5. The second-order valence-electron chi connectivity index (χ2n) is 4.84. The Balaban J connectivity index is 2.37. The van der Waals surface area contributed by atoms with Gasteiger partial charge in [0.25, 0.3) is 0 Å². The van der Waals surface area contributed by atoms with E-state index in [1.54, 1.807) is 0 Å². The van der Waals surface area contributed by atoms with Gasteiger partial charge in [-0.05, 0) is 58.6 Å². The predicted octanol–water partition coefficient (Wildman–Crippen LogP) is 3.72. The van der Waals surface area contributed by atoms with E-state index in [9.17, 15) is 0 Å². The van der Waals surface area contributed by atoms with Gasteiger partial charge in [-0.3, -0.25) is 4.90 Å². The first kappa shape index (κ1) is 15.5.